The van der Waals surface area contributed by atoms with Crippen molar-refractivity contribution in [1.29, 1.82) is 0 Å². The molecule has 11 rings (SSSR count). The number of aromatic nitrogens is 4. The standard InChI is InChI=1S/C62H42N4/c1-7-19-45(20-8-1)55-39-53(40-56(63-55)46-21-9-2-10-22-46)43-31-35-51(36-32-43)61-62(66-60(50-29-17-6-18-30-50)59(65-61)49-27-15-5-16-28-49)52-37-33-44(34-38-52)54-41-57(47-23-11-3-12-24-47)64-58(42-54)48-25-13-4-14-26-48/h1-42H. The van der Waals surface area contributed by atoms with E-state index in [1.807, 2.05) is 36.4 Å². The van der Waals surface area contributed by atoms with Gasteiger partial charge >= 0.3 is 0 Å². The van der Waals surface area contributed by atoms with Gasteiger partial charge in [-0.2, -0.15) is 0 Å². The van der Waals surface area contributed by atoms with Crippen LogP contribution in [0, 0.1) is 0 Å². The summed E-state index contributed by atoms with van der Waals surface area (Å²) in [5.41, 5.74) is 19.5. The summed E-state index contributed by atoms with van der Waals surface area (Å²) in [5.74, 6) is 0. The predicted octanol–water partition coefficient (Wildman–Crippen LogP) is 15.9. The van der Waals surface area contributed by atoms with E-state index in [9.17, 15) is 0 Å². The van der Waals surface area contributed by atoms with Crippen LogP contribution in [0.5, 0.6) is 0 Å². The first-order valence-electron chi connectivity index (χ1n) is 22.2. The average molecular weight is 843 g/mol. The summed E-state index contributed by atoms with van der Waals surface area (Å²) in [4.78, 5) is 21.4. The molecule has 4 nitrogen and oxygen atoms in total. The molecule has 0 amide bonds. The van der Waals surface area contributed by atoms with Crippen LogP contribution in [0.4, 0.5) is 0 Å². The van der Waals surface area contributed by atoms with Gasteiger partial charge in [-0.05, 0) is 46.5 Å². The zero-order valence-electron chi connectivity index (χ0n) is 36.0. The van der Waals surface area contributed by atoms with Gasteiger partial charge < -0.3 is 0 Å². The van der Waals surface area contributed by atoms with Crippen molar-refractivity contribution in [3.8, 4) is 112 Å². The van der Waals surface area contributed by atoms with Crippen molar-refractivity contribution < 1.29 is 0 Å². The Balaban J connectivity index is 1.04. The van der Waals surface area contributed by atoms with Gasteiger partial charge in [0.15, 0.2) is 0 Å². The first kappa shape index (κ1) is 40.0. The molecular formula is C62H42N4. The summed E-state index contributed by atoms with van der Waals surface area (Å²) in [5, 5.41) is 0. The molecule has 4 heteroatoms. The molecule has 0 spiro atoms. The van der Waals surface area contributed by atoms with Gasteiger partial charge in [0.2, 0.25) is 0 Å². The lowest BCUT2D eigenvalue weighted by atomic mass is 9.95. The first-order chi connectivity index (χ1) is 32.7. The van der Waals surface area contributed by atoms with Gasteiger partial charge in [0.25, 0.3) is 0 Å². The lowest BCUT2D eigenvalue weighted by Gasteiger charge is -2.17. The van der Waals surface area contributed by atoms with Crippen molar-refractivity contribution >= 4 is 0 Å². The molecule has 0 unspecified atom stereocenters. The van der Waals surface area contributed by atoms with Crippen LogP contribution in [-0.2, 0) is 0 Å². The molecule has 3 aromatic heterocycles. The molecule has 0 atom stereocenters. The molecule has 0 fully saturated rings. The van der Waals surface area contributed by atoms with Crippen molar-refractivity contribution in [2.75, 3.05) is 0 Å². The Morgan fingerprint density at radius 3 is 0.591 bits per heavy atom. The van der Waals surface area contributed by atoms with Gasteiger partial charge in [0, 0.05) is 44.5 Å². The molecule has 0 N–H and O–H groups in total. The largest absolute Gasteiger partial charge is 0.248 e. The minimum atomic E-state index is 0.805. The molecule has 0 radical (unpaired) electrons. The van der Waals surface area contributed by atoms with Crippen molar-refractivity contribution in [2.24, 2.45) is 0 Å². The Hall–Kier alpha value is -8.86. The van der Waals surface area contributed by atoms with E-state index in [-0.39, 0.29) is 0 Å². The maximum Gasteiger partial charge on any atom is 0.0973 e. The minimum Gasteiger partial charge on any atom is -0.248 e. The number of nitrogens with zero attached hydrogens (tertiary/aromatic N) is 4. The van der Waals surface area contributed by atoms with E-state index in [0.29, 0.717) is 0 Å². The van der Waals surface area contributed by atoms with Crippen molar-refractivity contribution in [2.45, 2.75) is 0 Å². The summed E-state index contributed by atoms with van der Waals surface area (Å²) in [7, 11) is 0. The highest BCUT2D eigenvalue weighted by Gasteiger charge is 2.20. The van der Waals surface area contributed by atoms with Crippen LogP contribution in [0.3, 0.4) is 0 Å². The SMILES string of the molecule is c1ccc(-c2cc(-c3ccc(-c4nc(-c5ccccc5)c(-c5ccccc5)nc4-c4ccc(-c5cc(-c6ccccc6)nc(-c6ccccc6)c5)cc4)cc3)cc(-c3ccccc3)n2)cc1. The quantitative estimate of drug-likeness (QED) is 0.138. The van der Waals surface area contributed by atoms with Gasteiger partial charge in [0.1, 0.15) is 0 Å². The third kappa shape index (κ3) is 8.35. The molecule has 0 bridgehead atoms. The molecule has 3 heterocycles. The van der Waals surface area contributed by atoms with Crippen LogP contribution in [0.2, 0.25) is 0 Å². The summed E-state index contributed by atoms with van der Waals surface area (Å²) >= 11 is 0. The summed E-state index contributed by atoms with van der Waals surface area (Å²) < 4.78 is 0. The summed E-state index contributed by atoms with van der Waals surface area (Å²) in [6.45, 7) is 0. The zero-order valence-corrected chi connectivity index (χ0v) is 36.0. The first-order valence-corrected chi connectivity index (χ1v) is 22.2. The topological polar surface area (TPSA) is 51.6 Å². The molecule has 0 aliphatic rings. The molecule has 66 heavy (non-hydrogen) atoms. The monoisotopic (exact) mass is 842 g/mol. The van der Waals surface area contributed by atoms with E-state index in [2.05, 4.69) is 218 Å². The van der Waals surface area contributed by atoms with Gasteiger partial charge in [-0.3, -0.25) is 0 Å². The van der Waals surface area contributed by atoms with E-state index < -0.39 is 0 Å². The number of hydrogen-bond donors (Lipinski definition) is 0. The van der Waals surface area contributed by atoms with E-state index in [4.69, 9.17) is 19.9 Å². The fourth-order valence-corrected chi connectivity index (χ4v) is 8.50. The molecule has 0 aliphatic heterocycles. The summed E-state index contributed by atoms with van der Waals surface area (Å²) in [6, 6.07) is 88.4. The second-order valence-corrected chi connectivity index (χ2v) is 16.2. The van der Waals surface area contributed by atoms with Crippen molar-refractivity contribution in [1.82, 2.24) is 19.9 Å². The van der Waals surface area contributed by atoms with Crippen LogP contribution >= 0.6 is 0 Å². The van der Waals surface area contributed by atoms with Gasteiger partial charge in [-0.1, -0.05) is 231 Å². The molecule has 11 aromatic rings. The van der Waals surface area contributed by atoms with E-state index in [0.717, 1.165) is 112 Å². The second-order valence-electron chi connectivity index (χ2n) is 16.2. The highest BCUT2D eigenvalue weighted by Crippen LogP contribution is 2.40. The number of pyridine rings is 2. The fraction of sp³-hybridized carbons (Fsp3) is 0. The predicted molar refractivity (Wildman–Crippen MR) is 272 cm³/mol. The van der Waals surface area contributed by atoms with Crippen LogP contribution in [0.15, 0.2) is 255 Å². The lowest BCUT2D eigenvalue weighted by Crippen LogP contribution is -2.01. The maximum absolute atomic E-state index is 5.57. The lowest BCUT2D eigenvalue weighted by molar-refractivity contribution is 1.21. The van der Waals surface area contributed by atoms with Gasteiger partial charge in [-0.25, -0.2) is 19.9 Å². The molecule has 0 aliphatic carbocycles. The Kier molecular flexibility index (Phi) is 10.9. The number of hydrogen-bond acceptors (Lipinski definition) is 4. The van der Waals surface area contributed by atoms with Crippen LogP contribution in [-0.4, -0.2) is 19.9 Å². The fourth-order valence-electron chi connectivity index (χ4n) is 8.50. The molecule has 310 valence electrons. The maximum atomic E-state index is 5.57. The van der Waals surface area contributed by atoms with E-state index >= 15 is 0 Å². The Morgan fingerprint density at radius 1 is 0.152 bits per heavy atom. The second kappa shape index (κ2) is 18.1. The van der Waals surface area contributed by atoms with Crippen molar-refractivity contribution in [3.63, 3.8) is 0 Å². The van der Waals surface area contributed by atoms with E-state index in [1.165, 1.54) is 0 Å². The Labute approximate surface area is 385 Å². The normalized spacial score (nSPS) is 11.0. The smallest absolute Gasteiger partial charge is 0.0973 e. The Morgan fingerprint density at radius 2 is 0.348 bits per heavy atom. The molecule has 0 saturated carbocycles. The van der Waals surface area contributed by atoms with Gasteiger partial charge in [0.05, 0.1) is 45.6 Å². The highest BCUT2D eigenvalue weighted by molar-refractivity contribution is 5.88. The highest BCUT2D eigenvalue weighted by atomic mass is 14.9. The third-order valence-electron chi connectivity index (χ3n) is 11.9. The van der Waals surface area contributed by atoms with Crippen molar-refractivity contribution in [3.05, 3.63) is 255 Å². The van der Waals surface area contributed by atoms with Crippen LogP contribution in [0.1, 0.15) is 0 Å². The average Bonchev–Trinajstić information content (AvgIpc) is 3.42. The molecular weight excluding hydrogens is 801 g/mol. The number of benzene rings is 8. The van der Waals surface area contributed by atoms with E-state index in [1.54, 1.807) is 0 Å². The molecule has 8 aromatic carbocycles. The molecule has 0 saturated heterocycles. The Bertz CT molecular complexity index is 3050. The van der Waals surface area contributed by atoms with Crippen LogP contribution in [0.25, 0.3) is 112 Å². The zero-order chi connectivity index (χ0) is 44.1. The van der Waals surface area contributed by atoms with Gasteiger partial charge in [-0.15, -0.1) is 0 Å². The third-order valence-corrected chi connectivity index (χ3v) is 11.9. The number of rotatable bonds is 10. The van der Waals surface area contributed by atoms with Crippen LogP contribution < -0.4 is 0 Å². The summed E-state index contributed by atoms with van der Waals surface area (Å²) in [6.07, 6.45) is 0. The minimum absolute atomic E-state index is 0.805.